The first-order valence-electron chi connectivity index (χ1n) is 8.81. The van der Waals surface area contributed by atoms with E-state index in [1.54, 1.807) is 7.11 Å². The second-order valence-electron chi connectivity index (χ2n) is 6.99. The van der Waals surface area contributed by atoms with Crippen LogP contribution in [0.2, 0.25) is 0 Å². The summed E-state index contributed by atoms with van der Waals surface area (Å²) in [5, 5.41) is 13.0. The van der Waals surface area contributed by atoms with Gasteiger partial charge in [-0.25, -0.2) is 0 Å². The second-order valence-corrected chi connectivity index (χ2v) is 6.99. The third-order valence-corrected chi connectivity index (χ3v) is 5.61. The Morgan fingerprint density at radius 3 is 2.75 bits per heavy atom. The minimum atomic E-state index is -0.390. The maximum atomic E-state index is 10.6. The molecule has 24 heavy (non-hydrogen) atoms. The number of aliphatic hydroxyl groups is 1. The number of β-amino-alcohol motifs (C(OH)–C–C–N with tert-alkyl or cyclic N) is 1. The molecule has 0 radical (unpaired) electrons. The minimum absolute atomic E-state index is 0.279. The summed E-state index contributed by atoms with van der Waals surface area (Å²) in [5.74, 6) is 0.909. The van der Waals surface area contributed by atoms with Crippen LogP contribution in [0.15, 0.2) is 36.4 Å². The van der Waals surface area contributed by atoms with E-state index in [1.165, 1.54) is 10.9 Å². The van der Waals surface area contributed by atoms with Gasteiger partial charge < -0.3 is 14.6 Å². The normalized spacial score (nSPS) is 27.8. The molecule has 0 amide bonds. The molecule has 4 heteroatoms. The molecule has 128 valence electrons. The monoisotopic (exact) mass is 327 g/mol. The summed E-state index contributed by atoms with van der Waals surface area (Å²) in [4.78, 5) is 2.34. The Bertz CT molecular complexity index is 724. The Hall–Kier alpha value is -1.62. The largest absolute Gasteiger partial charge is 0.496 e. The minimum Gasteiger partial charge on any atom is -0.496 e. The summed E-state index contributed by atoms with van der Waals surface area (Å²) < 4.78 is 11.4. The van der Waals surface area contributed by atoms with E-state index in [1.807, 2.05) is 12.1 Å². The predicted molar refractivity (Wildman–Crippen MR) is 94.3 cm³/mol. The summed E-state index contributed by atoms with van der Waals surface area (Å²) in [5.41, 5.74) is 1.00. The maximum Gasteiger partial charge on any atom is 0.126 e. The summed E-state index contributed by atoms with van der Waals surface area (Å²) in [6.07, 6.45) is 2.59. The van der Waals surface area contributed by atoms with Crippen molar-refractivity contribution in [3.8, 4) is 5.75 Å². The van der Waals surface area contributed by atoms with Gasteiger partial charge in [-0.15, -0.1) is 0 Å². The van der Waals surface area contributed by atoms with Gasteiger partial charge in [0.25, 0.3) is 0 Å². The topological polar surface area (TPSA) is 41.9 Å². The van der Waals surface area contributed by atoms with Crippen molar-refractivity contribution >= 4 is 10.8 Å². The fourth-order valence-corrected chi connectivity index (χ4v) is 4.23. The second kappa shape index (κ2) is 6.36. The Kier molecular flexibility index (Phi) is 4.21. The lowest BCUT2D eigenvalue weighted by Gasteiger charge is -2.42. The third kappa shape index (κ3) is 2.69. The first-order chi connectivity index (χ1) is 11.7. The molecule has 2 aromatic carbocycles. The van der Waals surface area contributed by atoms with Gasteiger partial charge in [0, 0.05) is 31.6 Å². The molecule has 1 N–H and O–H groups in total. The fourth-order valence-electron chi connectivity index (χ4n) is 4.23. The van der Waals surface area contributed by atoms with Crippen molar-refractivity contribution in [1.82, 2.24) is 4.90 Å². The van der Waals surface area contributed by atoms with Gasteiger partial charge in [0.05, 0.1) is 18.8 Å². The van der Waals surface area contributed by atoms with E-state index >= 15 is 0 Å². The summed E-state index contributed by atoms with van der Waals surface area (Å²) in [6, 6.07) is 12.5. The molecule has 4 nitrogen and oxygen atoms in total. The van der Waals surface area contributed by atoms with Crippen molar-refractivity contribution in [3.05, 3.63) is 42.0 Å². The third-order valence-electron chi connectivity index (χ3n) is 5.61. The zero-order chi connectivity index (χ0) is 16.6. The van der Waals surface area contributed by atoms with Crippen molar-refractivity contribution in [2.75, 3.05) is 26.8 Å². The number of hydrogen-bond donors (Lipinski definition) is 1. The molecule has 2 fully saturated rings. The van der Waals surface area contributed by atoms with Gasteiger partial charge in [-0.05, 0) is 36.3 Å². The molecule has 4 rings (SSSR count). The molecule has 0 aromatic heterocycles. The van der Waals surface area contributed by atoms with E-state index in [4.69, 9.17) is 9.47 Å². The van der Waals surface area contributed by atoms with Crippen LogP contribution in [0.3, 0.4) is 0 Å². The molecular weight excluding hydrogens is 302 g/mol. The predicted octanol–water partition coefficient (Wildman–Crippen LogP) is 2.96. The number of likely N-dealkylation sites (tertiary alicyclic amines) is 1. The lowest BCUT2D eigenvalue weighted by atomic mass is 9.86. The van der Waals surface area contributed by atoms with Gasteiger partial charge in [-0.1, -0.05) is 30.3 Å². The van der Waals surface area contributed by atoms with Crippen molar-refractivity contribution in [2.45, 2.75) is 37.5 Å². The van der Waals surface area contributed by atoms with E-state index in [0.717, 1.165) is 50.1 Å². The van der Waals surface area contributed by atoms with Gasteiger partial charge >= 0.3 is 0 Å². The van der Waals surface area contributed by atoms with Crippen LogP contribution < -0.4 is 4.74 Å². The summed E-state index contributed by atoms with van der Waals surface area (Å²) >= 11 is 0. The average molecular weight is 327 g/mol. The first-order valence-corrected chi connectivity index (χ1v) is 8.81. The molecule has 0 bridgehead atoms. The van der Waals surface area contributed by atoms with Gasteiger partial charge in [-0.2, -0.15) is 0 Å². The number of methoxy groups -OCH3 is 1. The molecule has 0 unspecified atom stereocenters. The van der Waals surface area contributed by atoms with Crippen LogP contribution in [0, 0.1) is 0 Å². The average Bonchev–Trinajstić information content (AvgIpc) is 3.09. The highest BCUT2D eigenvalue weighted by molar-refractivity contribution is 5.91. The Morgan fingerprint density at radius 2 is 2.04 bits per heavy atom. The van der Waals surface area contributed by atoms with Crippen molar-refractivity contribution in [3.63, 3.8) is 0 Å². The van der Waals surface area contributed by atoms with Crippen LogP contribution in [0.4, 0.5) is 0 Å². The number of ether oxygens (including phenoxy) is 2. The maximum absolute atomic E-state index is 10.6. The molecule has 2 saturated heterocycles. The van der Waals surface area contributed by atoms with Crippen LogP contribution >= 0.6 is 0 Å². The van der Waals surface area contributed by atoms with Crippen LogP contribution in [0.5, 0.6) is 5.75 Å². The standard InChI is InChI=1S/C20H25NO3/c1-23-18-8-7-15(16-5-2-3-6-17(16)18)13-21-11-10-20(19(22)14-21)9-4-12-24-20/h2-3,5-8,19,22H,4,9-14H2,1H3/t19-,20-/m0/s1. The Morgan fingerprint density at radius 1 is 1.21 bits per heavy atom. The highest BCUT2D eigenvalue weighted by Gasteiger charge is 2.45. The van der Waals surface area contributed by atoms with E-state index in [-0.39, 0.29) is 5.60 Å². The van der Waals surface area contributed by atoms with E-state index in [0.29, 0.717) is 6.54 Å². The smallest absolute Gasteiger partial charge is 0.126 e. The number of fused-ring (bicyclic) bond motifs is 1. The summed E-state index contributed by atoms with van der Waals surface area (Å²) in [7, 11) is 1.71. The SMILES string of the molecule is COc1ccc(CN2CC[C@@]3(CCCO3)[C@@H](O)C2)c2ccccc12. The number of rotatable bonds is 3. The Labute approximate surface area is 143 Å². The molecule has 2 aliphatic heterocycles. The zero-order valence-electron chi connectivity index (χ0n) is 14.2. The number of piperidine rings is 1. The number of benzene rings is 2. The molecule has 2 heterocycles. The highest BCUT2D eigenvalue weighted by atomic mass is 16.5. The number of nitrogens with zero attached hydrogens (tertiary/aromatic N) is 1. The lowest BCUT2D eigenvalue weighted by Crippen LogP contribution is -2.54. The van der Waals surface area contributed by atoms with E-state index in [2.05, 4.69) is 29.2 Å². The van der Waals surface area contributed by atoms with Crippen molar-refractivity contribution in [1.29, 1.82) is 0 Å². The van der Waals surface area contributed by atoms with E-state index < -0.39 is 6.10 Å². The van der Waals surface area contributed by atoms with Gasteiger partial charge in [0.2, 0.25) is 0 Å². The van der Waals surface area contributed by atoms with Crippen LogP contribution in [-0.4, -0.2) is 48.5 Å². The molecule has 2 aliphatic rings. The molecule has 0 saturated carbocycles. The zero-order valence-corrected chi connectivity index (χ0v) is 14.2. The van der Waals surface area contributed by atoms with E-state index in [9.17, 15) is 5.11 Å². The van der Waals surface area contributed by atoms with Gasteiger partial charge in [0.1, 0.15) is 5.75 Å². The Balaban J connectivity index is 1.55. The molecule has 0 aliphatic carbocycles. The van der Waals surface area contributed by atoms with Crippen LogP contribution in [-0.2, 0) is 11.3 Å². The number of aliphatic hydroxyl groups excluding tert-OH is 1. The van der Waals surface area contributed by atoms with Crippen LogP contribution in [0.1, 0.15) is 24.8 Å². The van der Waals surface area contributed by atoms with Crippen LogP contribution in [0.25, 0.3) is 10.8 Å². The molecule has 2 aromatic rings. The molecular formula is C20H25NO3. The van der Waals surface area contributed by atoms with Gasteiger partial charge in [0.15, 0.2) is 0 Å². The van der Waals surface area contributed by atoms with Gasteiger partial charge in [-0.3, -0.25) is 4.90 Å². The molecule has 1 spiro atoms. The lowest BCUT2D eigenvalue weighted by molar-refractivity contribution is -0.130. The highest BCUT2D eigenvalue weighted by Crippen LogP contribution is 2.37. The first kappa shape index (κ1) is 15.9. The quantitative estimate of drug-likeness (QED) is 0.941. The van der Waals surface area contributed by atoms with Crippen molar-refractivity contribution in [2.24, 2.45) is 0 Å². The summed E-state index contributed by atoms with van der Waals surface area (Å²) in [6.45, 7) is 3.29. The number of hydrogen-bond acceptors (Lipinski definition) is 4. The molecule has 2 atom stereocenters. The fraction of sp³-hybridized carbons (Fsp3) is 0.500. The van der Waals surface area contributed by atoms with Crippen molar-refractivity contribution < 1.29 is 14.6 Å².